The van der Waals surface area contributed by atoms with Gasteiger partial charge >= 0.3 is 5.97 Å². The Morgan fingerprint density at radius 2 is 1.45 bits per heavy atom. The highest BCUT2D eigenvalue weighted by Crippen LogP contribution is 2.05. The van der Waals surface area contributed by atoms with E-state index in [4.69, 9.17) is 24.5 Å². The number of ether oxygens (including phenoxy) is 2. The van der Waals surface area contributed by atoms with Crippen LogP contribution < -0.4 is 16.0 Å². The monoisotopic (exact) mass is 551 g/mol. The van der Waals surface area contributed by atoms with E-state index >= 15 is 0 Å². The molecule has 0 rings (SSSR count). The predicted octanol–water partition coefficient (Wildman–Crippen LogP) is 0.886. The minimum atomic E-state index is -0.962. The van der Waals surface area contributed by atoms with E-state index in [9.17, 15) is 19.2 Å². The number of nitrogens with one attached hydrogen (secondary N) is 3. The van der Waals surface area contributed by atoms with Crippen molar-refractivity contribution in [3.63, 3.8) is 0 Å². The average Bonchev–Trinajstić information content (AvgIpc) is 2.81. The van der Waals surface area contributed by atoms with Gasteiger partial charge in [-0.05, 0) is 48.0 Å². The Morgan fingerprint density at radius 1 is 0.921 bits per heavy atom. The van der Waals surface area contributed by atoms with Gasteiger partial charge in [0.15, 0.2) is 11.3 Å². The van der Waals surface area contributed by atoms with Gasteiger partial charge in [-0.1, -0.05) is 13.8 Å². The normalized spacial score (nSPS) is 10.6. The highest BCUT2D eigenvalue weighted by molar-refractivity contribution is 5.77. The molecule has 13 heteroatoms. The standard InChI is InChI=1S/C14H27N3O3.C8H15NO4.C2H6.CH2O2/c1-13(2,3)16-11(18)8-7-9-15-10-17(6)14(4,5)12(19)20;1-8(11)6-13-5-4-12-3-2-9-7-10;1-2;2-1-3/h10H,7-9H2,1-6H3,(H2,16,18,19,20);7H,2-6H2,1H3,(H,9,10);1-2H3;1H,(H,2,3)/p+1. The van der Waals surface area contributed by atoms with Crippen molar-refractivity contribution in [3.05, 3.63) is 0 Å². The fourth-order valence-corrected chi connectivity index (χ4v) is 1.97. The maximum Gasteiger partial charge on any atom is 0.351 e. The second-order valence-corrected chi connectivity index (χ2v) is 9.00. The summed E-state index contributed by atoms with van der Waals surface area (Å²) in [5, 5.41) is 24.3. The van der Waals surface area contributed by atoms with Crippen molar-refractivity contribution in [1.82, 2.24) is 16.0 Å². The summed E-state index contributed by atoms with van der Waals surface area (Å²) >= 11 is 0. The molecule has 0 saturated heterocycles. The second-order valence-electron chi connectivity index (χ2n) is 9.00. The van der Waals surface area contributed by atoms with Gasteiger partial charge in [-0.3, -0.25) is 29.1 Å². The number of hydrogen-bond donors (Lipinski definition) is 5. The summed E-state index contributed by atoms with van der Waals surface area (Å²) in [6.07, 6.45) is 3.40. The van der Waals surface area contributed by atoms with E-state index in [0.717, 1.165) is 0 Å². The molecule has 38 heavy (non-hydrogen) atoms. The number of carboxylic acids is 1. The molecule has 0 fully saturated rings. The first-order valence-electron chi connectivity index (χ1n) is 12.4. The lowest BCUT2D eigenvalue weighted by atomic mass is 10.1. The Morgan fingerprint density at radius 3 is 1.89 bits per heavy atom. The van der Waals surface area contributed by atoms with Crippen molar-refractivity contribution >= 4 is 36.9 Å². The summed E-state index contributed by atoms with van der Waals surface area (Å²) in [5.74, 6) is -0.858. The van der Waals surface area contributed by atoms with Crippen LogP contribution in [0.25, 0.3) is 0 Å². The summed E-state index contributed by atoms with van der Waals surface area (Å²) in [6, 6.07) is 0. The van der Waals surface area contributed by atoms with Gasteiger partial charge in [-0.25, -0.2) is 4.79 Å². The van der Waals surface area contributed by atoms with Gasteiger partial charge in [0.25, 0.3) is 6.47 Å². The molecule has 13 nitrogen and oxygen atoms in total. The molecule has 0 aromatic heterocycles. The van der Waals surface area contributed by atoms with Crippen LogP contribution in [0.4, 0.5) is 0 Å². The van der Waals surface area contributed by atoms with E-state index in [1.165, 1.54) is 6.92 Å². The molecule has 0 bridgehead atoms. The molecule has 0 aliphatic carbocycles. The zero-order valence-corrected chi connectivity index (χ0v) is 24.6. The van der Waals surface area contributed by atoms with Crippen LogP contribution >= 0.6 is 0 Å². The highest BCUT2D eigenvalue weighted by Gasteiger charge is 2.32. The molecule has 224 valence electrons. The summed E-state index contributed by atoms with van der Waals surface area (Å²) in [7, 11) is 1.70. The summed E-state index contributed by atoms with van der Waals surface area (Å²) in [6.45, 7) is 16.9. The molecule has 0 atom stereocenters. The van der Waals surface area contributed by atoms with Crippen LogP contribution in [0.2, 0.25) is 0 Å². The van der Waals surface area contributed by atoms with Crippen LogP contribution in [0.3, 0.4) is 0 Å². The maximum atomic E-state index is 11.6. The van der Waals surface area contributed by atoms with Crippen LogP contribution in [0.15, 0.2) is 0 Å². The van der Waals surface area contributed by atoms with E-state index in [1.807, 2.05) is 34.6 Å². The van der Waals surface area contributed by atoms with Gasteiger partial charge in [-0.15, -0.1) is 0 Å². The number of amides is 2. The number of rotatable bonds is 16. The van der Waals surface area contributed by atoms with Crippen molar-refractivity contribution in [2.24, 2.45) is 0 Å². The van der Waals surface area contributed by atoms with E-state index in [0.29, 0.717) is 52.2 Å². The molecule has 5 N–H and O–H groups in total. The van der Waals surface area contributed by atoms with Crippen molar-refractivity contribution in [2.75, 3.05) is 46.6 Å². The third-order valence-electron chi connectivity index (χ3n) is 4.08. The molecule has 0 unspecified atom stereocenters. The van der Waals surface area contributed by atoms with E-state index in [-0.39, 0.29) is 30.3 Å². The molecule has 0 aliphatic rings. The summed E-state index contributed by atoms with van der Waals surface area (Å²) in [5.41, 5.74) is -1.17. The number of Topliss-reactive ketones (excluding diaryl/α,β-unsaturated/α-hetero) is 1. The topological polar surface area (TPSA) is 183 Å². The summed E-state index contributed by atoms with van der Waals surface area (Å²) < 4.78 is 11.6. The lowest BCUT2D eigenvalue weighted by molar-refractivity contribution is -0.558. The zero-order valence-electron chi connectivity index (χ0n) is 24.6. The van der Waals surface area contributed by atoms with Crippen LogP contribution in [0, 0.1) is 0 Å². The van der Waals surface area contributed by atoms with Gasteiger partial charge in [0, 0.05) is 18.5 Å². The Balaban J connectivity index is -0.000000275. The van der Waals surface area contributed by atoms with Crippen molar-refractivity contribution in [3.8, 4) is 0 Å². The fourth-order valence-electron chi connectivity index (χ4n) is 1.97. The van der Waals surface area contributed by atoms with E-state index < -0.39 is 11.5 Å². The number of aliphatic carboxylic acids is 1. The zero-order chi connectivity index (χ0) is 30.6. The molecular weight excluding hydrogens is 500 g/mol. The molecule has 0 aromatic carbocycles. The Hall–Kier alpha value is -3.06. The van der Waals surface area contributed by atoms with E-state index in [2.05, 4.69) is 16.0 Å². The number of ketones is 1. The molecule has 0 spiro atoms. The van der Waals surface area contributed by atoms with Crippen LogP contribution in [-0.2, 0) is 33.4 Å². The minimum absolute atomic E-state index is 0.00243. The molecule has 2 amide bonds. The van der Waals surface area contributed by atoms with Gasteiger partial charge < -0.3 is 30.3 Å². The first-order chi connectivity index (χ1) is 17.6. The molecule has 0 heterocycles. The van der Waals surface area contributed by atoms with Crippen LogP contribution in [0.5, 0.6) is 0 Å². The first kappa shape index (κ1) is 42.0. The molecule has 0 aliphatic heterocycles. The molecule has 0 aromatic rings. The van der Waals surface area contributed by atoms with Crippen molar-refractivity contribution in [2.45, 2.75) is 79.3 Å². The van der Waals surface area contributed by atoms with Crippen molar-refractivity contribution < 1.29 is 48.2 Å². The lowest BCUT2D eigenvalue weighted by Crippen LogP contribution is -2.44. The van der Waals surface area contributed by atoms with Crippen molar-refractivity contribution in [1.29, 1.82) is 0 Å². The number of hydrogen-bond acceptors (Lipinski definition) is 7. The number of carboxylic acid groups (broad SMARTS) is 2. The Labute approximate surface area is 227 Å². The Kier molecular flexibility index (Phi) is 29.9. The number of carbonyl (C=O) groups excluding carboxylic acids is 3. The van der Waals surface area contributed by atoms with Gasteiger partial charge in [-0.2, -0.15) is 0 Å². The second kappa shape index (κ2) is 27.0. The largest absolute Gasteiger partial charge is 0.483 e. The molecule has 0 saturated carbocycles. The molecule has 0 radical (unpaired) electrons. The smallest absolute Gasteiger partial charge is 0.351 e. The number of carbonyl (C=O) groups is 5. The number of nitrogens with zero attached hydrogens (tertiary/aromatic N) is 1. The highest BCUT2D eigenvalue weighted by atomic mass is 16.5. The first-order valence-corrected chi connectivity index (χ1v) is 12.4. The summed E-state index contributed by atoms with van der Waals surface area (Å²) in [4.78, 5) is 51.1. The third kappa shape index (κ3) is 32.9. The van der Waals surface area contributed by atoms with Gasteiger partial charge in [0.05, 0.1) is 33.4 Å². The van der Waals surface area contributed by atoms with E-state index in [1.54, 1.807) is 31.8 Å². The minimum Gasteiger partial charge on any atom is -0.483 e. The van der Waals surface area contributed by atoms with Gasteiger partial charge in [0.1, 0.15) is 6.61 Å². The maximum absolute atomic E-state index is 11.6. The van der Waals surface area contributed by atoms with Crippen LogP contribution in [-0.4, -0.2) is 109 Å². The van der Waals surface area contributed by atoms with Crippen LogP contribution in [0.1, 0.15) is 68.2 Å². The Bertz CT molecular complexity index is 676. The van der Waals surface area contributed by atoms with Gasteiger partial charge in [0.2, 0.25) is 18.7 Å². The predicted molar refractivity (Wildman–Crippen MR) is 146 cm³/mol. The molecular formula is C25H51N4O9+. The quantitative estimate of drug-likeness (QED) is 0.0607. The lowest BCUT2D eigenvalue weighted by Gasteiger charge is -2.20. The average molecular weight is 552 g/mol. The number of likely N-dealkylation sites (N-methyl/N-ethyl adjacent to an activating group) is 1. The SMILES string of the molecule is CC.CC(=O)COCCOCCNC=O.C[N+](=CNCCCC(=O)NC(C)(C)C)C(C)(C)C(=O)O.O=CO. The third-order valence-corrected chi connectivity index (χ3v) is 4.08. The fraction of sp³-hybridized carbons (Fsp3) is 0.760.